The predicted octanol–water partition coefficient (Wildman–Crippen LogP) is 1.78. The highest BCUT2D eigenvalue weighted by atomic mass is 16.5. The molecule has 1 aliphatic rings. The number of hydrogen-bond donors (Lipinski definition) is 1. The van der Waals surface area contributed by atoms with E-state index in [4.69, 9.17) is 10.5 Å². The van der Waals surface area contributed by atoms with Gasteiger partial charge in [-0.15, -0.1) is 0 Å². The molecule has 0 aliphatic heterocycles. The first-order valence-electron chi connectivity index (χ1n) is 7.03. The molecule has 0 bridgehead atoms. The van der Waals surface area contributed by atoms with E-state index in [0.29, 0.717) is 19.2 Å². The van der Waals surface area contributed by atoms with Gasteiger partial charge in [0.2, 0.25) is 0 Å². The van der Waals surface area contributed by atoms with Gasteiger partial charge >= 0.3 is 5.97 Å². The van der Waals surface area contributed by atoms with Crippen molar-refractivity contribution >= 4 is 5.97 Å². The molecule has 18 heavy (non-hydrogen) atoms. The Kier molecular flexibility index (Phi) is 5.60. The van der Waals surface area contributed by atoms with E-state index in [-0.39, 0.29) is 5.97 Å². The molecule has 1 fully saturated rings. The lowest BCUT2D eigenvalue weighted by molar-refractivity contribution is -0.149. The van der Waals surface area contributed by atoms with Gasteiger partial charge in [-0.2, -0.15) is 0 Å². The number of esters is 1. The Hall–Kier alpha value is -0.610. The molecule has 0 spiro atoms. The Balaban J connectivity index is 2.47. The van der Waals surface area contributed by atoms with E-state index in [1.54, 1.807) is 13.8 Å². The quantitative estimate of drug-likeness (QED) is 0.762. The van der Waals surface area contributed by atoms with Crippen molar-refractivity contribution < 1.29 is 9.53 Å². The second-order valence-electron chi connectivity index (χ2n) is 5.97. The minimum atomic E-state index is -0.909. The van der Waals surface area contributed by atoms with Crippen molar-refractivity contribution in [3.63, 3.8) is 0 Å². The van der Waals surface area contributed by atoms with Crippen LogP contribution < -0.4 is 5.73 Å². The molecule has 0 amide bonds. The molecule has 0 aromatic rings. The summed E-state index contributed by atoms with van der Waals surface area (Å²) in [7, 11) is 2.06. The topological polar surface area (TPSA) is 55.6 Å². The summed E-state index contributed by atoms with van der Waals surface area (Å²) in [6.45, 7) is 6.82. The molecule has 106 valence electrons. The fourth-order valence-corrected chi connectivity index (χ4v) is 2.69. The van der Waals surface area contributed by atoms with Crippen molar-refractivity contribution in [1.82, 2.24) is 4.90 Å². The monoisotopic (exact) mass is 256 g/mol. The summed E-state index contributed by atoms with van der Waals surface area (Å²) >= 11 is 0. The largest absolute Gasteiger partial charge is 0.465 e. The molecule has 4 heteroatoms. The predicted molar refractivity (Wildman–Crippen MR) is 73.3 cm³/mol. The Morgan fingerprint density at radius 1 is 1.39 bits per heavy atom. The first-order chi connectivity index (χ1) is 8.36. The lowest BCUT2D eigenvalue weighted by Crippen LogP contribution is -2.55. The molecule has 2 N–H and O–H groups in total. The van der Waals surface area contributed by atoms with Crippen LogP contribution in [0, 0.1) is 5.92 Å². The minimum absolute atomic E-state index is 0.305. The van der Waals surface area contributed by atoms with Crippen molar-refractivity contribution in [1.29, 1.82) is 0 Å². The fourth-order valence-electron chi connectivity index (χ4n) is 2.69. The number of rotatable bonds is 5. The maximum atomic E-state index is 11.8. The Morgan fingerprint density at radius 2 is 1.94 bits per heavy atom. The van der Waals surface area contributed by atoms with Crippen LogP contribution in [0.4, 0.5) is 0 Å². The van der Waals surface area contributed by atoms with Gasteiger partial charge in [-0.3, -0.25) is 4.79 Å². The van der Waals surface area contributed by atoms with E-state index in [0.717, 1.165) is 5.92 Å². The molecule has 1 atom stereocenters. The SMILES string of the molecule is CCOC(=O)C(C)(N)CN(C)C1CCC(C)CC1. The molecule has 0 heterocycles. The molecule has 0 saturated heterocycles. The van der Waals surface area contributed by atoms with Crippen LogP contribution in [-0.2, 0) is 9.53 Å². The summed E-state index contributed by atoms with van der Waals surface area (Å²) in [5.41, 5.74) is 5.16. The zero-order chi connectivity index (χ0) is 13.8. The first kappa shape index (κ1) is 15.4. The molecule has 1 unspecified atom stereocenters. The number of carbonyl (C=O) groups excluding carboxylic acids is 1. The third-order valence-corrected chi connectivity index (χ3v) is 3.93. The van der Waals surface area contributed by atoms with E-state index >= 15 is 0 Å². The third-order valence-electron chi connectivity index (χ3n) is 3.93. The van der Waals surface area contributed by atoms with Crippen LogP contribution in [-0.4, -0.2) is 42.6 Å². The minimum Gasteiger partial charge on any atom is -0.465 e. The Bertz CT molecular complexity index is 271. The number of nitrogens with zero attached hydrogens (tertiary/aromatic N) is 1. The van der Waals surface area contributed by atoms with E-state index in [1.807, 2.05) is 0 Å². The maximum absolute atomic E-state index is 11.8. The van der Waals surface area contributed by atoms with Gasteiger partial charge in [0.15, 0.2) is 0 Å². The summed E-state index contributed by atoms with van der Waals surface area (Å²) in [5.74, 6) is 0.532. The number of ether oxygens (including phenoxy) is 1. The molecule has 0 aromatic heterocycles. The van der Waals surface area contributed by atoms with Crippen LogP contribution >= 0.6 is 0 Å². The van der Waals surface area contributed by atoms with Crippen LogP contribution in [0.25, 0.3) is 0 Å². The highest BCUT2D eigenvalue weighted by Crippen LogP contribution is 2.27. The molecule has 0 radical (unpaired) electrons. The van der Waals surface area contributed by atoms with E-state index in [9.17, 15) is 4.79 Å². The van der Waals surface area contributed by atoms with Crippen molar-refractivity contribution in [3.05, 3.63) is 0 Å². The summed E-state index contributed by atoms with van der Waals surface area (Å²) in [6, 6.07) is 0.554. The highest BCUT2D eigenvalue weighted by molar-refractivity contribution is 5.80. The zero-order valence-corrected chi connectivity index (χ0v) is 12.2. The van der Waals surface area contributed by atoms with Gasteiger partial charge in [-0.1, -0.05) is 6.92 Å². The highest BCUT2D eigenvalue weighted by Gasteiger charge is 2.33. The zero-order valence-electron chi connectivity index (χ0n) is 12.2. The van der Waals surface area contributed by atoms with Gasteiger partial charge in [0.1, 0.15) is 5.54 Å². The average molecular weight is 256 g/mol. The van der Waals surface area contributed by atoms with Gasteiger partial charge in [-0.25, -0.2) is 0 Å². The van der Waals surface area contributed by atoms with Crippen LogP contribution in [0.2, 0.25) is 0 Å². The summed E-state index contributed by atoms with van der Waals surface area (Å²) < 4.78 is 5.02. The van der Waals surface area contributed by atoms with Crippen LogP contribution in [0.3, 0.4) is 0 Å². The van der Waals surface area contributed by atoms with E-state index in [2.05, 4.69) is 18.9 Å². The number of hydrogen-bond acceptors (Lipinski definition) is 4. The maximum Gasteiger partial charge on any atom is 0.327 e. The molecule has 1 saturated carbocycles. The van der Waals surface area contributed by atoms with Gasteiger partial charge in [0.05, 0.1) is 6.61 Å². The van der Waals surface area contributed by atoms with Gasteiger partial charge in [0.25, 0.3) is 0 Å². The van der Waals surface area contributed by atoms with Crippen molar-refractivity contribution in [3.8, 4) is 0 Å². The van der Waals surface area contributed by atoms with Crippen molar-refractivity contribution in [2.24, 2.45) is 11.7 Å². The van der Waals surface area contributed by atoms with Crippen LogP contribution in [0.1, 0.15) is 46.5 Å². The number of likely N-dealkylation sites (N-methyl/N-ethyl adjacent to an activating group) is 1. The molecule has 1 rings (SSSR count). The molecule has 1 aliphatic carbocycles. The second-order valence-corrected chi connectivity index (χ2v) is 5.97. The standard InChI is InChI=1S/C14H28N2O2/c1-5-18-13(17)14(3,15)10-16(4)12-8-6-11(2)7-9-12/h11-12H,5-10,15H2,1-4H3. The summed E-state index contributed by atoms with van der Waals surface area (Å²) in [6.07, 6.45) is 4.96. The number of nitrogens with two attached hydrogens (primary N) is 1. The van der Waals surface area contributed by atoms with Crippen LogP contribution in [0.5, 0.6) is 0 Å². The lowest BCUT2D eigenvalue weighted by atomic mass is 9.86. The Labute approximate surface area is 111 Å². The van der Waals surface area contributed by atoms with E-state index in [1.165, 1.54) is 25.7 Å². The van der Waals surface area contributed by atoms with Gasteiger partial charge in [-0.05, 0) is 52.5 Å². The average Bonchev–Trinajstić information content (AvgIpc) is 2.29. The van der Waals surface area contributed by atoms with Gasteiger partial charge < -0.3 is 15.4 Å². The molecule has 4 nitrogen and oxygen atoms in total. The smallest absolute Gasteiger partial charge is 0.327 e. The normalized spacial score (nSPS) is 27.9. The fraction of sp³-hybridized carbons (Fsp3) is 0.929. The molecular weight excluding hydrogens is 228 g/mol. The first-order valence-corrected chi connectivity index (χ1v) is 7.03. The van der Waals surface area contributed by atoms with Crippen molar-refractivity contribution in [2.45, 2.75) is 58.0 Å². The molecular formula is C14H28N2O2. The Morgan fingerprint density at radius 3 is 2.44 bits per heavy atom. The van der Waals surface area contributed by atoms with Crippen molar-refractivity contribution in [2.75, 3.05) is 20.2 Å². The van der Waals surface area contributed by atoms with Gasteiger partial charge in [0, 0.05) is 12.6 Å². The summed E-state index contributed by atoms with van der Waals surface area (Å²) in [4.78, 5) is 14.0. The molecule has 0 aromatic carbocycles. The van der Waals surface area contributed by atoms with Crippen LogP contribution in [0.15, 0.2) is 0 Å². The summed E-state index contributed by atoms with van der Waals surface area (Å²) in [5, 5.41) is 0. The lowest BCUT2D eigenvalue weighted by Gasteiger charge is -2.37. The third kappa shape index (κ3) is 4.25. The van der Waals surface area contributed by atoms with E-state index < -0.39 is 5.54 Å². The number of carbonyl (C=O) groups is 1. The second kappa shape index (κ2) is 6.53.